The van der Waals surface area contributed by atoms with Gasteiger partial charge in [0, 0.05) is 31.9 Å². The number of nitrogens with zero attached hydrogens (tertiary/aromatic N) is 3. The molecule has 1 aromatic heterocycles. The molecule has 0 N–H and O–H groups in total. The number of aryl methyl sites for hydroxylation is 1. The zero-order valence-electron chi connectivity index (χ0n) is 12.3. The van der Waals surface area contributed by atoms with Crippen LogP contribution in [-0.2, 0) is 21.8 Å². The summed E-state index contributed by atoms with van der Waals surface area (Å²) in [5.74, 6) is -0.648. The van der Waals surface area contributed by atoms with Crippen molar-refractivity contribution in [2.45, 2.75) is 11.0 Å². The van der Waals surface area contributed by atoms with E-state index >= 15 is 0 Å². The fourth-order valence-corrected chi connectivity index (χ4v) is 4.38. The normalized spacial score (nSPS) is 19.9. The number of benzene rings is 1. The molecule has 2 aromatic rings. The van der Waals surface area contributed by atoms with E-state index in [-0.39, 0.29) is 29.6 Å². The molecule has 1 saturated heterocycles. The van der Waals surface area contributed by atoms with Crippen LogP contribution in [0.15, 0.2) is 35.5 Å². The van der Waals surface area contributed by atoms with Crippen molar-refractivity contribution in [3.05, 3.63) is 47.0 Å². The standard InChI is InChI=1S/C14H15ClFN3O3S/c1-18-8-10(7-17-18)13-9-19(4-5-22-13)23(20,21)14-6-11(16)2-3-12(14)15/h2-3,6-8,13H,4-5,9H2,1H3/t13-/m0/s1. The summed E-state index contributed by atoms with van der Waals surface area (Å²) in [6, 6.07) is 3.30. The number of hydrogen-bond acceptors (Lipinski definition) is 4. The average molecular weight is 360 g/mol. The highest BCUT2D eigenvalue weighted by Crippen LogP contribution is 2.29. The maximum atomic E-state index is 13.4. The lowest BCUT2D eigenvalue weighted by Gasteiger charge is -2.31. The summed E-state index contributed by atoms with van der Waals surface area (Å²) in [6.45, 7) is 0.554. The van der Waals surface area contributed by atoms with Crippen molar-refractivity contribution in [3.63, 3.8) is 0 Å². The molecule has 1 aromatic carbocycles. The van der Waals surface area contributed by atoms with Crippen molar-refractivity contribution >= 4 is 21.6 Å². The molecule has 1 fully saturated rings. The lowest BCUT2D eigenvalue weighted by molar-refractivity contribution is -0.00259. The van der Waals surface area contributed by atoms with Crippen LogP contribution in [0.5, 0.6) is 0 Å². The molecule has 0 radical (unpaired) electrons. The second kappa shape index (κ2) is 6.20. The molecular formula is C14H15ClFN3O3S. The van der Waals surface area contributed by atoms with E-state index in [9.17, 15) is 12.8 Å². The number of sulfonamides is 1. The van der Waals surface area contributed by atoms with E-state index in [1.54, 1.807) is 24.1 Å². The summed E-state index contributed by atoms with van der Waals surface area (Å²) >= 11 is 5.94. The first-order valence-electron chi connectivity index (χ1n) is 6.93. The van der Waals surface area contributed by atoms with Crippen molar-refractivity contribution in [3.8, 4) is 0 Å². The predicted molar refractivity (Wildman–Crippen MR) is 82.1 cm³/mol. The Morgan fingerprint density at radius 3 is 2.91 bits per heavy atom. The van der Waals surface area contributed by atoms with Gasteiger partial charge in [0.15, 0.2) is 0 Å². The average Bonchev–Trinajstić information content (AvgIpc) is 2.96. The fraction of sp³-hybridized carbons (Fsp3) is 0.357. The second-order valence-electron chi connectivity index (χ2n) is 5.24. The van der Waals surface area contributed by atoms with Gasteiger partial charge in [-0.25, -0.2) is 12.8 Å². The molecule has 124 valence electrons. The number of aromatic nitrogens is 2. The first kappa shape index (κ1) is 16.4. The zero-order valence-corrected chi connectivity index (χ0v) is 13.9. The molecule has 2 heterocycles. The van der Waals surface area contributed by atoms with Gasteiger partial charge < -0.3 is 4.74 Å². The summed E-state index contributed by atoms with van der Waals surface area (Å²) in [5.41, 5.74) is 0.790. The number of hydrogen-bond donors (Lipinski definition) is 0. The largest absolute Gasteiger partial charge is 0.371 e. The highest BCUT2D eigenvalue weighted by Gasteiger charge is 2.33. The molecule has 0 spiro atoms. The summed E-state index contributed by atoms with van der Waals surface area (Å²) in [7, 11) is -2.12. The van der Waals surface area contributed by atoms with E-state index in [1.807, 2.05) is 0 Å². The smallest absolute Gasteiger partial charge is 0.244 e. The molecule has 3 rings (SSSR count). The first-order valence-corrected chi connectivity index (χ1v) is 8.75. The minimum Gasteiger partial charge on any atom is -0.371 e. The summed E-state index contributed by atoms with van der Waals surface area (Å²) in [5, 5.41) is 4.06. The Labute approximate surface area is 138 Å². The molecule has 0 amide bonds. The third-order valence-electron chi connectivity index (χ3n) is 3.64. The van der Waals surface area contributed by atoms with Crippen LogP contribution in [0.2, 0.25) is 5.02 Å². The first-order chi connectivity index (χ1) is 10.9. The van der Waals surface area contributed by atoms with Crippen LogP contribution in [-0.4, -0.2) is 42.2 Å². The van der Waals surface area contributed by atoms with Gasteiger partial charge >= 0.3 is 0 Å². The van der Waals surface area contributed by atoms with Crippen LogP contribution in [0.1, 0.15) is 11.7 Å². The van der Waals surface area contributed by atoms with Gasteiger partial charge in [-0.2, -0.15) is 9.40 Å². The molecule has 0 aliphatic carbocycles. The van der Waals surface area contributed by atoms with E-state index < -0.39 is 21.9 Å². The van der Waals surface area contributed by atoms with Crippen molar-refractivity contribution in [1.82, 2.24) is 14.1 Å². The van der Waals surface area contributed by atoms with Crippen LogP contribution in [0, 0.1) is 5.82 Å². The summed E-state index contributed by atoms with van der Waals surface area (Å²) in [6.07, 6.45) is 2.99. The van der Waals surface area contributed by atoms with Gasteiger partial charge in [0.05, 0.1) is 23.9 Å². The van der Waals surface area contributed by atoms with E-state index in [4.69, 9.17) is 16.3 Å². The minimum absolute atomic E-state index is 0.00387. The van der Waals surface area contributed by atoms with Crippen LogP contribution in [0.25, 0.3) is 0 Å². The monoisotopic (exact) mass is 359 g/mol. The van der Waals surface area contributed by atoms with Gasteiger partial charge in [-0.05, 0) is 18.2 Å². The van der Waals surface area contributed by atoms with Crippen LogP contribution >= 0.6 is 11.6 Å². The minimum atomic E-state index is -3.90. The Kier molecular flexibility index (Phi) is 4.41. The van der Waals surface area contributed by atoms with Gasteiger partial charge in [-0.1, -0.05) is 11.6 Å². The molecule has 1 atom stereocenters. The fourth-order valence-electron chi connectivity index (χ4n) is 2.47. The second-order valence-corrected chi connectivity index (χ2v) is 7.56. The van der Waals surface area contributed by atoms with E-state index in [0.29, 0.717) is 0 Å². The zero-order chi connectivity index (χ0) is 16.6. The molecular weight excluding hydrogens is 345 g/mol. The van der Waals surface area contributed by atoms with Crippen molar-refractivity contribution in [1.29, 1.82) is 0 Å². The number of halogens is 2. The van der Waals surface area contributed by atoms with Gasteiger partial charge in [0.25, 0.3) is 0 Å². The van der Waals surface area contributed by atoms with Crippen molar-refractivity contribution in [2.75, 3.05) is 19.7 Å². The SMILES string of the molecule is Cn1cc([C@@H]2CN(S(=O)(=O)c3cc(F)ccc3Cl)CCO2)cn1. The molecule has 1 aliphatic heterocycles. The van der Waals surface area contributed by atoms with Crippen molar-refractivity contribution < 1.29 is 17.5 Å². The Bertz CT molecular complexity index is 824. The van der Waals surface area contributed by atoms with E-state index in [0.717, 1.165) is 17.7 Å². The number of rotatable bonds is 3. The quantitative estimate of drug-likeness (QED) is 0.840. The molecule has 23 heavy (non-hydrogen) atoms. The molecule has 0 bridgehead atoms. The maximum absolute atomic E-state index is 13.4. The predicted octanol–water partition coefficient (Wildman–Crippen LogP) is 1.97. The highest BCUT2D eigenvalue weighted by molar-refractivity contribution is 7.89. The van der Waals surface area contributed by atoms with E-state index in [1.165, 1.54) is 10.4 Å². The Morgan fingerprint density at radius 2 is 2.22 bits per heavy atom. The third kappa shape index (κ3) is 3.25. The summed E-state index contributed by atoms with van der Waals surface area (Å²) < 4.78 is 47.4. The topological polar surface area (TPSA) is 64.4 Å². The Balaban J connectivity index is 1.89. The van der Waals surface area contributed by atoms with Gasteiger partial charge in [0.1, 0.15) is 10.7 Å². The molecule has 0 saturated carbocycles. The highest BCUT2D eigenvalue weighted by atomic mass is 35.5. The molecule has 9 heteroatoms. The maximum Gasteiger partial charge on any atom is 0.244 e. The molecule has 0 unspecified atom stereocenters. The van der Waals surface area contributed by atoms with Gasteiger partial charge in [-0.3, -0.25) is 4.68 Å². The molecule has 1 aliphatic rings. The third-order valence-corrected chi connectivity index (χ3v) is 5.98. The van der Waals surface area contributed by atoms with Crippen LogP contribution in [0.4, 0.5) is 4.39 Å². The van der Waals surface area contributed by atoms with E-state index in [2.05, 4.69) is 5.10 Å². The number of ether oxygens (including phenoxy) is 1. The van der Waals surface area contributed by atoms with Gasteiger partial charge in [0.2, 0.25) is 10.0 Å². The lowest BCUT2D eigenvalue weighted by atomic mass is 10.2. The Hall–Kier alpha value is -1.48. The van der Waals surface area contributed by atoms with Gasteiger partial charge in [-0.15, -0.1) is 0 Å². The number of morpholine rings is 1. The Morgan fingerprint density at radius 1 is 1.43 bits per heavy atom. The molecule has 6 nitrogen and oxygen atoms in total. The van der Waals surface area contributed by atoms with Crippen LogP contribution in [0.3, 0.4) is 0 Å². The van der Waals surface area contributed by atoms with Crippen LogP contribution < -0.4 is 0 Å². The summed E-state index contributed by atoms with van der Waals surface area (Å²) in [4.78, 5) is -0.231. The lowest BCUT2D eigenvalue weighted by Crippen LogP contribution is -2.42. The van der Waals surface area contributed by atoms with Crippen molar-refractivity contribution in [2.24, 2.45) is 7.05 Å².